The molecule has 0 saturated carbocycles. The number of hydrogen-bond acceptors (Lipinski definition) is 3. The maximum atomic E-state index is 12.2. The SMILES string of the molecule is Cc1ccc(C(O)CN(C)CC(=O)Nc2cccc(C)c2C)cc1. The number of aryl methyl sites for hydroxylation is 2. The largest absolute Gasteiger partial charge is 0.387 e. The molecule has 2 aromatic rings. The van der Waals surface area contributed by atoms with Crippen molar-refractivity contribution in [3.05, 3.63) is 64.7 Å². The normalized spacial score (nSPS) is 12.2. The number of amides is 1. The summed E-state index contributed by atoms with van der Waals surface area (Å²) in [5, 5.41) is 13.2. The van der Waals surface area contributed by atoms with Crippen LogP contribution in [0.5, 0.6) is 0 Å². The lowest BCUT2D eigenvalue weighted by atomic mass is 10.1. The van der Waals surface area contributed by atoms with E-state index in [1.807, 2.05) is 75.2 Å². The number of anilines is 1. The molecule has 0 aliphatic carbocycles. The minimum absolute atomic E-state index is 0.0812. The van der Waals surface area contributed by atoms with Crippen molar-refractivity contribution in [3.8, 4) is 0 Å². The first-order chi connectivity index (χ1) is 11.4. The number of nitrogens with one attached hydrogen (secondary N) is 1. The predicted molar refractivity (Wildman–Crippen MR) is 98.2 cm³/mol. The van der Waals surface area contributed by atoms with Crippen molar-refractivity contribution in [2.75, 3.05) is 25.5 Å². The Morgan fingerprint density at radius 2 is 1.79 bits per heavy atom. The first kappa shape index (κ1) is 18.2. The molecule has 0 aromatic heterocycles. The summed E-state index contributed by atoms with van der Waals surface area (Å²) in [5.41, 5.74) is 5.09. The highest BCUT2D eigenvalue weighted by atomic mass is 16.3. The zero-order chi connectivity index (χ0) is 17.7. The molecule has 4 nitrogen and oxygen atoms in total. The van der Waals surface area contributed by atoms with E-state index < -0.39 is 6.10 Å². The Kier molecular flexibility index (Phi) is 6.12. The summed E-state index contributed by atoms with van der Waals surface area (Å²) >= 11 is 0. The quantitative estimate of drug-likeness (QED) is 0.857. The topological polar surface area (TPSA) is 52.6 Å². The Hall–Kier alpha value is -2.17. The van der Waals surface area contributed by atoms with E-state index in [0.29, 0.717) is 6.54 Å². The molecule has 0 heterocycles. The second-order valence-electron chi connectivity index (χ2n) is 6.42. The molecule has 2 N–H and O–H groups in total. The molecule has 0 aliphatic heterocycles. The zero-order valence-corrected chi connectivity index (χ0v) is 14.8. The molecule has 128 valence electrons. The van der Waals surface area contributed by atoms with Crippen LogP contribution < -0.4 is 5.32 Å². The Morgan fingerprint density at radius 3 is 2.46 bits per heavy atom. The van der Waals surface area contributed by atoms with E-state index in [4.69, 9.17) is 0 Å². The van der Waals surface area contributed by atoms with Crippen LogP contribution in [-0.2, 0) is 4.79 Å². The maximum absolute atomic E-state index is 12.2. The lowest BCUT2D eigenvalue weighted by Gasteiger charge is -2.21. The second-order valence-corrected chi connectivity index (χ2v) is 6.42. The average molecular weight is 326 g/mol. The smallest absolute Gasteiger partial charge is 0.238 e. The monoisotopic (exact) mass is 326 g/mol. The summed E-state index contributed by atoms with van der Waals surface area (Å²) in [4.78, 5) is 14.0. The summed E-state index contributed by atoms with van der Waals surface area (Å²) in [5.74, 6) is -0.0812. The number of hydrogen-bond donors (Lipinski definition) is 2. The van der Waals surface area contributed by atoms with E-state index in [0.717, 1.165) is 27.9 Å². The molecule has 0 bridgehead atoms. The van der Waals surface area contributed by atoms with Gasteiger partial charge in [0.2, 0.25) is 5.91 Å². The molecule has 1 unspecified atom stereocenters. The van der Waals surface area contributed by atoms with Gasteiger partial charge in [-0.25, -0.2) is 0 Å². The van der Waals surface area contributed by atoms with Gasteiger partial charge in [-0.3, -0.25) is 9.69 Å². The van der Waals surface area contributed by atoms with Gasteiger partial charge in [-0.1, -0.05) is 42.0 Å². The van der Waals surface area contributed by atoms with Gasteiger partial charge < -0.3 is 10.4 Å². The van der Waals surface area contributed by atoms with E-state index in [9.17, 15) is 9.90 Å². The van der Waals surface area contributed by atoms with Crippen molar-refractivity contribution >= 4 is 11.6 Å². The first-order valence-electron chi connectivity index (χ1n) is 8.16. The molecule has 1 amide bonds. The van der Waals surface area contributed by atoms with Crippen LogP contribution in [-0.4, -0.2) is 36.1 Å². The summed E-state index contributed by atoms with van der Waals surface area (Å²) in [6.07, 6.45) is -0.607. The van der Waals surface area contributed by atoms with E-state index in [1.54, 1.807) is 0 Å². The lowest BCUT2D eigenvalue weighted by molar-refractivity contribution is -0.117. The van der Waals surface area contributed by atoms with Crippen LogP contribution >= 0.6 is 0 Å². The minimum Gasteiger partial charge on any atom is -0.387 e. The van der Waals surface area contributed by atoms with Crippen LogP contribution in [0.25, 0.3) is 0 Å². The van der Waals surface area contributed by atoms with Crippen LogP contribution in [0.15, 0.2) is 42.5 Å². The summed E-state index contributed by atoms with van der Waals surface area (Å²) in [6.45, 7) is 6.67. The van der Waals surface area contributed by atoms with Gasteiger partial charge >= 0.3 is 0 Å². The van der Waals surface area contributed by atoms with Crippen molar-refractivity contribution in [1.82, 2.24) is 4.90 Å². The van der Waals surface area contributed by atoms with Crippen molar-refractivity contribution in [3.63, 3.8) is 0 Å². The molecule has 2 rings (SSSR count). The number of benzene rings is 2. The Bertz CT molecular complexity index is 695. The molecule has 4 heteroatoms. The lowest BCUT2D eigenvalue weighted by Crippen LogP contribution is -2.33. The molecular formula is C20H26N2O2. The molecule has 0 saturated heterocycles. The van der Waals surface area contributed by atoms with Crippen LogP contribution in [0.2, 0.25) is 0 Å². The molecule has 0 spiro atoms. The van der Waals surface area contributed by atoms with Gasteiger partial charge in [-0.05, 0) is 50.6 Å². The van der Waals surface area contributed by atoms with Crippen molar-refractivity contribution in [2.45, 2.75) is 26.9 Å². The fourth-order valence-corrected chi connectivity index (χ4v) is 2.58. The molecule has 1 atom stereocenters. The Balaban J connectivity index is 1.89. The van der Waals surface area contributed by atoms with E-state index >= 15 is 0 Å². The molecular weight excluding hydrogens is 300 g/mol. The summed E-state index contributed by atoms with van der Waals surface area (Å²) in [6, 6.07) is 13.7. The van der Waals surface area contributed by atoms with Gasteiger partial charge in [0.15, 0.2) is 0 Å². The third-order valence-electron chi connectivity index (χ3n) is 4.24. The van der Waals surface area contributed by atoms with E-state index in [2.05, 4.69) is 5.32 Å². The number of nitrogens with zero attached hydrogens (tertiary/aromatic N) is 1. The molecule has 24 heavy (non-hydrogen) atoms. The van der Waals surface area contributed by atoms with E-state index in [1.165, 1.54) is 0 Å². The van der Waals surface area contributed by atoms with Gasteiger partial charge in [0.1, 0.15) is 0 Å². The first-order valence-corrected chi connectivity index (χ1v) is 8.16. The highest BCUT2D eigenvalue weighted by Gasteiger charge is 2.14. The molecule has 0 aliphatic rings. The van der Waals surface area contributed by atoms with Crippen LogP contribution in [0.4, 0.5) is 5.69 Å². The van der Waals surface area contributed by atoms with Crippen molar-refractivity contribution in [1.29, 1.82) is 0 Å². The van der Waals surface area contributed by atoms with Crippen molar-refractivity contribution in [2.24, 2.45) is 0 Å². The molecule has 2 aromatic carbocycles. The number of carbonyl (C=O) groups is 1. The maximum Gasteiger partial charge on any atom is 0.238 e. The number of aliphatic hydroxyl groups is 1. The van der Waals surface area contributed by atoms with Gasteiger partial charge in [-0.15, -0.1) is 0 Å². The van der Waals surface area contributed by atoms with Crippen molar-refractivity contribution < 1.29 is 9.90 Å². The van der Waals surface area contributed by atoms with E-state index in [-0.39, 0.29) is 12.5 Å². The average Bonchev–Trinajstić information content (AvgIpc) is 2.52. The Labute approximate surface area is 144 Å². The number of carbonyl (C=O) groups excluding carboxylic acids is 1. The molecule has 0 radical (unpaired) electrons. The number of aliphatic hydroxyl groups excluding tert-OH is 1. The molecule has 0 fully saturated rings. The highest BCUT2D eigenvalue weighted by molar-refractivity contribution is 5.93. The van der Waals surface area contributed by atoms with Gasteiger partial charge in [-0.2, -0.15) is 0 Å². The summed E-state index contributed by atoms with van der Waals surface area (Å²) in [7, 11) is 1.83. The van der Waals surface area contributed by atoms with Crippen LogP contribution in [0, 0.1) is 20.8 Å². The minimum atomic E-state index is -0.607. The fourth-order valence-electron chi connectivity index (χ4n) is 2.58. The third-order valence-corrected chi connectivity index (χ3v) is 4.24. The number of rotatable bonds is 6. The highest BCUT2D eigenvalue weighted by Crippen LogP contribution is 2.18. The predicted octanol–water partition coefficient (Wildman–Crippen LogP) is 3.22. The van der Waals surface area contributed by atoms with Crippen LogP contribution in [0.1, 0.15) is 28.4 Å². The second kappa shape index (κ2) is 8.08. The standard InChI is InChI=1S/C20H26N2O2/c1-14-8-10-17(11-9-14)19(23)12-22(4)13-20(24)21-18-7-5-6-15(2)16(18)3/h5-11,19,23H,12-13H2,1-4H3,(H,21,24). The zero-order valence-electron chi connectivity index (χ0n) is 14.8. The third kappa shape index (κ3) is 4.91. The van der Waals surface area contributed by atoms with Gasteiger partial charge in [0, 0.05) is 12.2 Å². The van der Waals surface area contributed by atoms with Gasteiger partial charge in [0.05, 0.1) is 12.6 Å². The Morgan fingerprint density at radius 1 is 1.12 bits per heavy atom. The van der Waals surface area contributed by atoms with Crippen LogP contribution in [0.3, 0.4) is 0 Å². The number of likely N-dealkylation sites (N-methyl/N-ethyl adjacent to an activating group) is 1. The summed E-state index contributed by atoms with van der Waals surface area (Å²) < 4.78 is 0. The van der Waals surface area contributed by atoms with Gasteiger partial charge in [0.25, 0.3) is 0 Å². The fraction of sp³-hybridized carbons (Fsp3) is 0.350.